The van der Waals surface area contributed by atoms with E-state index < -0.39 is 0 Å². The van der Waals surface area contributed by atoms with Gasteiger partial charge in [-0.15, -0.1) is 0 Å². The van der Waals surface area contributed by atoms with Gasteiger partial charge in [0.25, 0.3) is 5.56 Å². The summed E-state index contributed by atoms with van der Waals surface area (Å²) in [6.07, 6.45) is 3.44. The summed E-state index contributed by atoms with van der Waals surface area (Å²) in [7, 11) is 3.77. The van der Waals surface area contributed by atoms with Gasteiger partial charge in [0.1, 0.15) is 18.0 Å². The first kappa shape index (κ1) is 23.9. The van der Waals surface area contributed by atoms with E-state index in [1.807, 2.05) is 50.2 Å². The van der Waals surface area contributed by atoms with Gasteiger partial charge in [0.2, 0.25) is 5.91 Å². The molecule has 1 aromatic carbocycles. The van der Waals surface area contributed by atoms with Gasteiger partial charge in [-0.3, -0.25) is 14.2 Å². The highest BCUT2D eigenvalue weighted by Gasteiger charge is 2.18. The minimum Gasteiger partial charge on any atom is -0.497 e. The number of carbonyl (C=O) groups excluding carboxylic acids is 1. The molecular weight excluding hydrogens is 404 g/mol. The number of carbonyl (C=O) groups is 1. The molecular formula is C25H36N4O3. The molecule has 1 aliphatic rings. The summed E-state index contributed by atoms with van der Waals surface area (Å²) in [5.41, 5.74) is 1.86. The monoisotopic (exact) mass is 440 g/mol. The van der Waals surface area contributed by atoms with E-state index >= 15 is 0 Å². The standard InChI is InChI=1S/C25H36N4O3/c1-18(2)27-24(30)17-29-23(20-6-5-7-21(16-20)32-4)9-8-22(25(29)31)26-13-10-19-11-14-28(3)15-12-19/h5-9,16,18-19,26H,10-15,17H2,1-4H3,(H,27,30). The molecule has 2 aromatic rings. The van der Waals surface area contributed by atoms with Crippen molar-refractivity contribution >= 4 is 11.6 Å². The zero-order valence-electron chi connectivity index (χ0n) is 19.7. The first-order valence-corrected chi connectivity index (χ1v) is 11.5. The van der Waals surface area contributed by atoms with Gasteiger partial charge in [-0.2, -0.15) is 0 Å². The maximum absolute atomic E-state index is 13.3. The Morgan fingerprint density at radius 3 is 2.62 bits per heavy atom. The van der Waals surface area contributed by atoms with E-state index in [1.54, 1.807) is 11.7 Å². The number of anilines is 1. The predicted octanol–water partition coefficient (Wildman–Crippen LogP) is 3.19. The van der Waals surface area contributed by atoms with E-state index in [-0.39, 0.29) is 24.1 Å². The molecule has 1 aromatic heterocycles. The topological polar surface area (TPSA) is 75.6 Å². The van der Waals surface area contributed by atoms with Crippen LogP contribution in [0.2, 0.25) is 0 Å². The highest BCUT2D eigenvalue weighted by Crippen LogP contribution is 2.24. The van der Waals surface area contributed by atoms with Crippen molar-refractivity contribution in [2.24, 2.45) is 5.92 Å². The van der Waals surface area contributed by atoms with Gasteiger partial charge in [0.15, 0.2) is 0 Å². The Labute approximate surface area is 190 Å². The number of benzene rings is 1. The second-order valence-corrected chi connectivity index (χ2v) is 8.94. The average Bonchev–Trinajstić information content (AvgIpc) is 2.77. The zero-order chi connectivity index (χ0) is 23.1. The number of pyridine rings is 1. The van der Waals surface area contributed by atoms with Crippen molar-refractivity contribution in [1.82, 2.24) is 14.8 Å². The molecule has 7 nitrogen and oxygen atoms in total. The van der Waals surface area contributed by atoms with Crippen molar-refractivity contribution in [1.29, 1.82) is 0 Å². The molecule has 32 heavy (non-hydrogen) atoms. The Hall–Kier alpha value is -2.80. The normalized spacial score (nSPS) is 15.0. The Bertz CT molecular complexity index is 962. The SMILES string of the molecule is COc1cccc(-c2ccc(NCCC3CCN(C)CC3)c(=O)n2CC(=O)NC(C)C)c1. The second-order valence-electron chi connectivity index (χ2n) is 8.94. The van der Waals surface area contributed by atoms with Crippen LogP contribution in [0.3, 0.4) is 0 Å². The van der Waals surface area contributed by atoms with Crippen LogP contribution in [-0.4, -0.2) is 55.2 Å². The largest absolute Gasteiger partial charge is 0.497 e. The quantitative estimate of drug-likeness (QED) is 0.626. The van der Waals surface area contributed by atoms with Crippen LogP contribution in [-0.2, 0) is 11.3 Å². The molecule has 0 bridgehead atoms. The number of ether oxygens (including phenoxy) is 1. The number of nitrogens with zero attached hydrogens (tertiary/aromatic N) is 2. The Kier molecular flexibility index (Phi) is 8.33. The molecule has 7 heteroatoms. The highest BCUT2D eigenvalue weighted by atomic mass is 16.5. The fraction of sp³-hybridized carbons (Fsp3) is 0.520. The van der Waals surface area contributed by atoms with Gasteiger partial charge >= 0.3 is 0 Å². The minimum atomic E-state index is -0.187. The van der Waals surface area contributed by atoms with Gasteiger partial charge in [0, 0.05) is 18.2 Å². The Balaban J connectivity index is 1.82. The molecule has 2 heterocycles. The van der Waals surface area contributed by atoms with Crippen LogP contribution in [0.5, 0.6) is 5.75 Å². The van der Waals surface area contributed by atoms with E-state index in [1.165, 1.54) is 12.8 Å². The summed E-state index contributed by atoms with van der Waals surface area (Å²) in [5.74, 6) is 1.21. The first-order chi connectivity index (χ1) is 15.4. The van der Waals surface area contributed by atoms with E-state index in [0.29, 0.717) is 23.0 Å². The van der Waals surface area contributed by atoms with E-state index in [9.17, 15) is 9.59 Å². The fourth-order valence-corrected chi connectivity index (χ4v) is 4.18. The molecule has 1 aliphatic heterocycles. The van der Waals surface area contributed by atoms with Crippen LogP contribution in [0.4, 0.5) is 5.69 Å². The highest BCUT2D eigenvalue weighted by molar-refractivity contribution is 5.77. The number of amides is 1. The number of methoxy groups -OCH3 is 1. The fourth-order valence-electron chi connectivity index (χ4n) is 4.18. The molecule has 0 unspecified atom stereocenters. The molecule has 0 atom stereocenters. The van der Waals surface area contributed by atoms with E-state index in [2.05, 4.69) is 22.6 Å². The van der Waals surface area contributed by atoms with Crippen LogP contribution in [0.1, 0.15) is 33.1 Å². The molecule has 174 valence electrons. The lowest BCUT2D eigenvalue weighted by atomic mass is 9.94. The van der Waals surface area contributed by atoms with Crippen molar-refractivity contribution < 1.29 is 9.53 Å². The number of piperidine rings is 1. The smallest absolute Gasteiger partial charge is 0.274 e. The van der Waals surface area contributed by atoms with E-state index in [4.69, 9.17) is 4.74 Å². The summed E-state index contributed by atoms with van der Waals surface area (Å²) in [5, 5.41) is 6.20. The summed E-state index contributed by atoms with van der Waals surface area (Å²) in [6, 6.07) is 11.3. The summed E-state index contributed by atoms with van der Waals surface area (Å²) < 4.78 is 6.89. The molecule has 0 aliphatic carbocycles. The number of hydrogen-bond acceptors (Lipinski definition) is 5. The lowest BCUT2D eigenvalue weighted by Crippen LogP contribution is -2.37. The maximum Gasteiger partial charge on any atom is 0.274 e. The third-order valence-corrected chi connectivity index (χ3v) is 6.00. The van der Waals surface area contributed by atoms with Crippen molar-refractivity contribution in [3.05, 3.63) is 46.8 Å². The molecule has 3 rings (SSSR count). The number of rotatable bonds is 9. The average molecular weight is 441 g/mol. The predicted molar refractivity (Wildman–Crippen MR) is 129 cm³/mol. The first-order valence-electron chi connectivity index (χ1n) is 11.5. The lowest BCUT2D eigenvalue weighted by Gasteiger charge is -2.29. The Morgan fingerprint density at radius 2 is 1.94 bits per heavy atom. The second kappa shape index (κ2) is 11.2. The maximum atomic E-state index is 13.3. The van der Waals surface area contributed by atoms with Crippen LogP contribution in [0, 0.1) is 5.92 Å². The third kappa shape index (κ3) is 6.36. The minimum absolute atomic E-state index is 0.00863. The van der Waals surface area contributed by atoms with Gasteiger partial charge in [-0.05, 0) is 83.4 Å². The molecule has 2 N–H and O–H groups in total. The summed E-state index contributed by atoms with van der Waals surface area (Å²) >= 11 is 0. The molecule has 0 saturated carbocycles. The van der Waals surface area contributed by atoms with Gasteiger partial charge in [0.05, 0.1) is 12.8 Å². The van der Waals surface area contributed by atoms with Crippen molar-refractivity contribution in [3.63, 3.8) is 0 Å². The molecule has 1 saturated heterocycles. The number of aromatic nitrogens is 1. The van der Waals surface area contributed by atoms with Crippen LogP contribution >= 0.6 is 0 Å². The lowest BCUT2D eigenvalue weighted by molar-refractivity contribution is -0.122. The van der Waals surface area contributed by atoms with Crippen molar-refractivity contribution in [3.8, 4) is 17.0 Å². The Morgan fingerprint density at radius 1 is 1.19 bits per heavy atom. The number of nitrogens with one attached hydrogen (secondary N) is 2. The van der Waals surface area contributed by atoms with Gasteiger partial charge in [-0.1, -0.05) is 12.1 Å². The molecule has 1 fully saturated rings. The molecule has 0 radical (unpaired) electrons. The number of hydrogen-bond donors (Lipinski definition) is 2. The molecule has 0 spiro atoms. The van der Waals surface area contributed by atoms with Crippen molar-refractivity contribution in [2.75, 3.05) is 39.1 Å². The van der Waals surface area contributed by atoms with Gasteiger partial charge in [-0.25, -0.2) is 0 Å². The van der Waals surface area contributed by atoms with E-state index in [0.717, 1.165) is 31.6 Å². The molecule has 1 amide bonds. The van der Waals surface area contributed by atoms with Crippen LogP contribution < -0.4 is 20.9 Å². The van der Waals surface area contributed by atoms with Gasteiger partial charge < -0.3 is 20.3 Å². The zero-order valence-corrected chi connectivity index (χ0v) is 19.7. The van der Waals surface area contributed by atoms with Crippen molar-refractivity contribution in [2.45, 2.75) is 45.7 Å². The third-order valence-electron chi connectivity index (χ3n) is 6.00. The van der Waals surface area contributed by atoms with Crippen LogP contribution in [0.25, 0.3) is 11.3 Å². The number of likely N-dealkylation sites (tertiary alicyclic amines) is 1. The summed E-state index contributed by atoms with van der Waals surface area (Å²) in [4.78, 5) is 28.2. The summed E-state index contributed by atoms with van der Waals surface area (Å²) in [6.45, 7) is 6.80. The van der Waals surface area contributed by atoms with Crippen LogP contribution in [0.15, 0.2) is 41.2 Å².